The molecule has 1 aromatic rings. The zero-order valence-electron chi connectivity index (χ0n) is 13.8. The average Bonchev–Trinajstić information content (AvgIpc) is 2.52. The summed E-state index contributed by atoms with van der Waals surface area (Å²) in [6.45, 7) is 8.44. The lowest BCUT2D eigenvalue weighted by molar-refractivity contribution is 0.193. The highest BCUT2D eigenvalue weighted by Gasteiger charge is 2.33. The molecule has 0 spiro atoms. The van der Waals surface area contributed by atoms with E-state index in [-0.39, 0.29) is 0 Å². The maximum atomic E-state index is 6.06. The summed E-state index contributed by atoms with van der Waals surface area (Å²) in [5.74, 6) is 3.81. The zero-order valence-corrected chi connectivity index (χ0v) is 13.8. The van der Waals surface area contributed by atoms with Crippen molar-refractivity contribution in [2.45, 2.75) is 52.4 Å². The van der Waals surface area contributed by atoms with Gasteiger partial charge in [0.05, 0.1) is 6.61 Å². The van der Waals surface area contributed by atoms with Crippen molar-refractivity contribution in [3.8, 4) is 5.75 Å². The van der Waals surface area contributed by atoms with Gasteiger partial charge in [0.15, 0.2) is 0 Å². The van der Waals surface area contributed by atoms with Crippen molar-refractivity contribution >= 4 is 0 Å². The molecule has 0 saturated heterocycles. The summed E-state index contributed by atoms with van der Waals surface area (Å²) in [6, 6.07) is 8.59. The molecule has 0 aromatic heterocycles. The van der Waals surface area contributed by atoms with Crippen molar-refractivity contribution < 1.29 is 4.74 Å². The molecule has 2 N–H and O–H groups in total. The fourth-order valence-corrected chi connectivity index (χ4v) is 3.66. The summed E-state index contributed by atoms with van der Waals surface area (Å²) < 4.78 is 5.99. The van der Waals surface area contributed by atoms with Crippen LogP contribution in [0.2, 0.25) is 0 Å². The van der Waals surface area contributed by atoms with Crippen molar-refractivity contribution in [3.05, 3.63) is 29.8 Å². The van der Waals surface area contributed by atoms with E-state index in [1.807, 2.05) is 0 Å². The molecular weight excluding hydrogens is 258 g/mol. The molecule has 2 rings (SSSR count). The van der Waals surface area contributed by atoms with Crippen molar-refractivity contribution in [3.63, 3.8) is 0 Å². The van der Waals surface area contributed by atoms with Crippen LogP contribution in [0.5, 0.6) is 5.75 Å². The summed E-state index contributed by atoms with van der Waals surface area (Å²) in [5.41, 5.74) is 7.44. The lowest BCUT2D eigenvalue weighted by Gasteiger charge is -2.38. The number of hydrogen-bond acceptors (Lipinski definition) is 2. The molecule has 1 aliphatic rings. The van der Waals surface area contributed by atoms with Crippen molar-refractivity contribution in [1.29, 1.82) is 0 Å². The molecule has 2 heteroatoms. The van der Waals surface area contributed by atoms with Gasteiger partial charge in [0.1, 0.15) is 5.75 Å². The van der Waals surface area contributed by atoms with Gasteiger partial charge in [-0.1, -0.05) is 39.0 Å². The van der Waals surface area contributed by atoms with E-state index in [9.17, 15) is 0 Å². The maximum Gasteiger partial charge on any atom is 0.122 e. The van der Waals surface area contributed by atoms with Crippen LogP contribution in [0.4, 0.5) is 0 Å². The lowest BCUT2D eigenvalue weighted by Crippen LogP contribution is -2.31. The van der Waals surface area contributed by atoms with E-state index in [4.69, 9.17) is 10.5 Å². The molecule has 2 nitrogen and oxygen atoms in total. The van der Waals surface area contributed by atoms with E-state index < -0.39 is 0 Å². The molecule has 1 aliphatic carbocycles. The molecule has 1 saturated carbocycles. The van der Waals surface area contributed by atoms with E-state index in [1.54, 1.807) is 0 Å². The van der Waals surface area contributed by atoms with E-state index in [0.717, 1.165) is 37.2 Å². The minimum Gasteiger partial charge on any atom is -0.493 e. The molecule has 3 atom stereocenters. The Morgan fingerprint density at radius 2 is 2.00 bits per heavy atom. The average molecular weight is 289 g/mol. The molecule has 21 heavy (non-hydrogen) atoms. The molecule has 118 valence electrons. The molecule has 1 aromatic carbocycles. The minimum atomic E-state index is 0.559. The molecule has 0 radical (unpaired) electrons. The Labute approximate surface area is 130 Å². The normalized spacial score (nSPS) is 26.0. The highest BCUT2D eigenvalue weighted by atomic mass is 16.5. The number of hydrogen-bond donors (Lipinski definition) is 1. The van der Waals surface area contributed by atoms with Gasteiger partial charge in [-0.15, -0.1) is 0 Å². The van der Waals surface area contributed by atoms with Crippen LogP contribution in [0.25, 0.3) is 0 Å². The number of ether oxygens (including phenoxy) is 1. The first-order valence-electron chi connectivity index (χ1n) is 8.59. The van der Waals surface area contributed by atoms with Gasteiger partial charge in [0, 0.05) is 0 Å². The first kappa shape index (κ1) is 16.4. The van der Waals surface area contributed by atoms with Crippen LogP contribution in [0.1, 0.15) is 57.9 Å². The zero-order chi connectivity index (χ0) is 15.2. The van der Waals surface area contributed by atoms with Gasteiger partial charge in [-0.05, 0) is 67.5 Å². The van der Waals surface area contributed by atoms with Crippen LogP contribution in [-0.2, 0) is 0 Å². The number of benzene rings is 1. The summed E-state index contributed by atoms with van der Waals surface area (Å²) in [5, 5.41) is 0. The number of nitrogens with two attached hydrogens (primary N) is 1. The van der Waals surface area contributed by atoms with Gasteiger partial charge in [-0.25, -0.2) is 0 Å². The van der Waals surface area contributed by atoms with Crippen molar-refractivity contribution in [2.24, 2.45) is 23.5 Å². The topological polar surface area (TPSA) is 35.2 Å². The minimum absolute atomic E-state index is 0.559. The second kappa shape index (κ2) is 7.84. The Morgan fingerprint density at radius 3 is 2.67 bits per heavy atom. The Balaban J connectivity index is 2.23. The third-order valence-electron chi connectivity index (χ3n) is 5.06. The Morgan fingerprint density at radius 1 is 1.24 bits per heavy atom. The van der Waals surface area contributed by atoms with Crippen LogP contribution in [0.15, 0.2) is 24.3 Å². The van der Waals surface area contributed by atoms with E-state index in [1.165, 1.54) is 24.8 Å². The lowest BCUT2D eigenvalue weighted by atomic mass is 9.68. The Kier molecular flexibility index (Phi) is 6.10. The predicted octanol–water partition coefficient (Wildman–Crippen LogP) is 4.59. The summed E-state index contributed by atoms with van der Waals surface area (Å²) in [4.78, 5) is 0. The highest BCUT2D eigenvalue weighted by Crippen LogP contribution is 2.45. The van der Waals surface area contributed by atoms with Gasteiger partial charge in [0.2, 0.25) is 0 Å². The first-order valence-corrected chi connectivity index (χ1v) is 8.59. The molecule has 0 amide bonds. The number of para-hydroxylation sites is 1. The van der Waals surface area contributed by atoms with Crippen LogP contribution in [0, 0.1) is 17.8 Å². The molecule has 0 heterocycles. The van der Waals surface area contributed by atoms with Crippen LogP contribution >= 0.6 is 0 Å². The van der Waals surface area contributed by atoms with Crippen LogP contribution in [-0.4, -0.2) is 13.2 Å². The SMILES string of the molecule is CCCOc1ccccc1C1CC(C(C)C)CCC1CN. The number of rotatable bonds is 6. The molecule has 3 unspecified atom stereocenters. The largest absolute Gasteiger partial charge is 0.493 e. The fourth-order valence-electron chi connectivity index (χ4n) is 3.66. The molecule has 1 fully saturated rings. The van der Waals surface area contributed by atoms with Crippen molar-refractivity contribution in [2.75, 3.05) is 13.2 Å². The Bertz CT molecular complexity index is 429. The summed E-state index contributed by atoms with van der Waals surface area (Å²) >= 11 is 0. The van der Waals surface area contributed by atoms with Gasteiger partial charge in [0.25, 0.3) is 0 Å². The van der Waals surface area contributed by atoms with Crippen molar-refractivity contribution in [1.82, 2.24) is 0 Å². The highest BCUT2D eigenvalue weighted by molar-refractivity contribution is 5.37. The predicted molar refractivity (Wildman–Crippen MR) is 89.7 cm³/mol. The maximum absolute atomic E-state index is 6.06. The summed E-state index contributed by atoms with van der Waals surface area (Å²) in [7, 11) is 0. The van der Waals surface area contributed by atoms with Gasteiger partial charge in [-0.3, -0.25) is 0 Å². The van der Waals surface area contributed by atoms with E-state index in [2.05, 4.69) is 45.0 Å². The third kappa shape index (κ3) is 4.00. The standard InChI is InChI=1S/C19H31NO/c1-4-11-21-19-8-6-5-7-17(19)18-12-15(14(2)3)9-10-16(18)13-20/h5-8,14-16,18H,4,9-13,20H2,1-3H3. The van der Waals surface area contributed by atoms with Gasteiger partial charge < -0.3 is 10.5 Å². The molecule has 0 aliphatic heterocycles. The smallest absolute Gasteiger partial charge is 0.122 e. The quantitative estimate of drug-likeness (QED) is 0.831. The molecular formula is C19H31NO. The first-order chi connectivity index (χ1) is 10.2. The van der Waals surface area contributed by atoms with Crippen LogP contribution in [0.3, 0.4) is 0 Å². The van der Waals surface area contributed by atoms with Crippen LogP contribution < -0.4 is 10.5 Å². The second-order valence-corrected chi connectivity index (χ2v) is 6.81. The van der Waals surface area contributed by atoms with Gasteiger partial charge >= 0.3 is 0 Å². The third-order valence-corrected chi connectivity index (χ3v) is 5.06. The molecule has 0 bridgehead atoms. The monoisotopic (exact) mass is 289 g/mol. The van der Waals surface area contributed by atoms with E-state index >= 15 is 0 Å². The Hall–Kier alpha value is -1.02. The van der Waals surface area contributed by atoms with E-state index in [0.29, 0.717) is 11.8 Å². The second-order valence-electron chi connectivity index (χ2n) is 6.81. The van der Waals surface area contributed by atoms with Gasteiger partial charge in [-0.2, -0.15) is 0 Å². The fraction of sp³-hybridized carbons (Fsp3) is 0.684. The summed E-state index contributed by atoms with van der Waals surface area (Å²) in [6.07, 6.45) is 4.89.